The van der Waals surface area contributed by atoms with E-state index in [9.17, 15) is 35.7 Å². The lowest BCUT2D eigenvalue weighted by Crippen LogP contribution is -2.66. The van der Waals surface area contributed by atoms with Gasteiger partial charge in [0, 0.05) is 16.7 Å². The molecule has 2 bridgehead atoms. The number of rotatable bonds is 8. The van der Waals surface area contributed by atoms with Crippen molar-refractivity contribution in [2.24, 2.45) is 45.3 Å². The van der Waals surface area contributed by atoms with E-state index in [-0.39, 0.29) is 28.3 Å². The zero-order chi connectivity index (χ0) is 33.8. The Balaban J connectivity index is 1.24. The number of hydrogen-bond acceptors (Lipinski definition) is 10. The summed E-state index contributed by atoms with van der Waals surface area (Å²) in [5.74, 6) is 1.21. The first-order chi connectivity index (χ1) is 21.3. The number of fused-ring (bicyclic) bond motifs is 2. The fourth-order valence-corrected chi connectivity index (χ4v) is 11.9. The van der Waals surface area contributed by atoms with E-state index in [1.165, 1.54) is 13.8 Å². The molecular formula is C36H60O10. The van der Waals surface area contributed by atoms with Crippen molar-refractivity contribution in [3.8, 4) is 0 Å². The fourth-order valence-electron chi connectivity index (χ4n) is 11.9. The molecule has 5 fully saturated rings. The smallest absolute Gasteiger partial charge is 0.186 e. The van der Waals surface area contributed by atoms with Crippen molar-refractivity contribution in [3.63, 3.8) is 0 Å². The molecule has 2 heterocycles. The molecule has 3 saturated carbocycles. The first kappa shape index (κ1) is 35.2. The van der Waals surface area contributed by atoms with Crippen molar-refractivity contribution in [3.05, 3.63) is 12.2 Å². The summed E-state index contributed by atoms with van der Waals surface area (Å²) in [4.78, 5) is 0. The summed E-state index contributed by atoms with van der Waals surface area (Å²) in [5.41, 5.74) is -2.34. The van der Waals surface area contributed by atoms with Gasteiger partial charge >= 0.3 is 0 Å². The summed E-state index contributed by atoms with van der Waals surface area (Å²) in [5, 5.41) is 72.8. The van der Waals surface area contributed by atoms with Crippen LogP contribution in [0, 0.1) is 45.3 Å². The van der Waals surface area contributed by atoms with Crippen LogP contribution < -0.4 is 0 Å². The van der Waals surface area contributed by atoms with Gasteiger partial charge in [0.2, 0.25) is 0 Å². The Morgan fingerprint density at radius 3 is 2.28 bits per heavy atom. The van der Waals surface area contributed by atoms with E-state index in [0.29, 0.717) is 30.8 Å². The summed E-state index contributed by atoms with van der Waals surface area (Å²) in [6.07, 6.45) is 1.99. The zero-order valence-electron chi connectivity index (χ0n) is 28.8. The average molecular weight is 653 g/mol. The molecule has 6 aliphatic rings. The van der Waals surface area contributed by atoms with E-state index < -0.39 is 66.1 Å². The molecular weight excluding hydrogens is 592 g/mol. The summed E-state index contributed by atoms with van der Waals surface area (Å²) < 4.78 is 19.2. The minimum absolute atomic E-state index is 0.0108. The Kier molecular flexibility index (Phi) is 8.74. The molecule has 16 atom stereocenters. The number of ether oxygens (including phenoxy) is 3. The molecule has 264 valence electrons. The molecule has 7 N–H and O–H groups in total. The molecule has 10 heteroatoms. The van der Waals surface area contributed by atoms with Gasteiger partial charge in [-0.2, -0.15) is 0 Å². The van der Waals surface area contributed by atoms with Gasteiger partial charge in [0.15, 0.2) is 6.29 Å². The molecule has 0 aromatic carbocycles. The molecule has 10 nitrogen and oxygen atoms in total. The zero-order valence-corrected chi connectivity index (χ0v) is 28.8. The third-order valence-electron chi connectivity index (χ3n) is 14.9. The van der Waals surface area contributed by atoms with E-state index in [1.807, 2.05) is 0 Å². The highest BCUT2D eigenvalue weighted by molar-refractivity contribution is 5.33. The molecule has 0 aromatic rings. The standard InChI is InChI=1S/C36H60O10/c1-19(16-21(38)29(42)32(4,5)43)20-10-12-34(7)23-11-13-36-24(35(23,18-44-36)15-14-33(20,34)6)8-9-25(31(36,2)3)46-30-28(41)27(40)26(39)22(17-37)45-30/h11,13,19-30,37-43H,8-10,12,14-18H2,1-7H3/t19-,20-,21-,22-,23?,24?,25+,26-,27-,28-,29+,30+,33-,34+,35+,36-/m1/s1. The van der Waals surface area contributed by atoms with Crippen LogP contribution in [0.3, 0.4) is 0 Å². The highest BCUT2D eigenvalue weighted by Gasteiger charge is 2.75. The Labute approximate surface area is 274 Å². The monoisotopic (exact) mass is 652 g/mol. The predicted molar refractivity (Wildman–Crippen MR) is 169 cm³/mol. The Hall–Kier alpha value is -0.660. The molecule has 6 rings (SSSR count). The average Bonchev–Trinajstić information content (AvgIpc) is 3.38. The van der Waals surface area contributed by atoms with Gasteiger partial charge in [-0.25, -0.2) is 0 Å². The van der Waals surface area contributed by atoms with Gasteiger partial charge in [-0.3, -0.25) is 0 Å². The van der Waals surface area contributed by atoms with Crippen LogP contribution in [0.15, 0.2) is 12.2 Å². The van der Waals surface area contributed by atoms with Crippen molar-refractivity contribution in [1.82, 2.24) is 0 Å². The first-order valence-corrected chi connectivity index (χ1v) is 17.7. The van der Waals surface area contributed by atoms with Gasteiger partial charge in [-0.05, 0) is 87.4 Å². The topological polar surface area (TPSA) is 169 Å². The lowest BCUT2D eigenvalue weighted by Gasteiger charge is -2.65. The second kappa shape index (κ2) is 11.4. The lowest BCUT2D eigenvalue weighted by molar-refractivity contribution is -0.329. The van der Waals surface area contributed by atoms with Crippen molar-refractivity contribution in [2.45, 2.75) is 154 Å². The second-order valence-corrected chi connectivity index (χ2v) is 17.7. The second-order valence-electron chi connectivity index (χ2n) is 17.7. The van der Waals surface area contributed by atoms with Crippen LogP contribution in [0.1, 0.15) is 93.4 Å². The van der Waals surface area contributed by atoms with Crippen LogP contribution in [-0.2, 0) is 14.2 Å². The minimum atomic E-state index is -1.49. The van der Waals surface area contributed by atoms with Crippen molar-refractivity contribution in [1.29, 1.82) is 0 Å². The highest BCUT2D eigenvalue weighted by Crippen LogP contribution is 2.77. The number of aliphatic hydroxyl groups is 7. The highest BCUT2D eigenvalue weighted by atomic mass is 16.7. The summed E-state index contributed by atoms with van der Waals surface area (Å²) in [7, 11) is 0. The van der Waals surface area contributed by atoms with Crippen molar-refractivity contribution >= 4 is 0 Å². The van der Waals surface area contributed by atoms with Gasteiger partial charge < -0.3 is 50.0 Å². The van der Waals surface area contributed by atoms with Crippen LogP contribution in [0.2, 0.25) is 0 Å². The molecule has 46 heavy (non-hydrogen) atoms. The summed E-state index contributed by atoms with van der Waals surface area (Å²) >= 11 is 0. The first-order valence-electron chi connectivity index (χ1n) is 17.7. The molecule has 2 saturated heterocycles. The molecule has 0 radical (unpaired) electrons. The fraction of sp³-hybridized carbons (Fsp3) is 0.944. The Morgan fingerprint density at radius 1 is 0.935 bits per heavy atom. The summed E-state index contributed by atoms with van der Waals surface area (Å²) in [6.45, 7) is 14.7. The van der Waals surface area contributed by atoms with Gasteiger partial charge in [0.25, 0.3) is 0 Å². The van der Waals surface area contributed by atoms with Gasteiger partial charge in [-0.1, -0.05) is 46.8 Å². The normalized spacial score (nSPS) is 51.6. The van der Waals surface area contributed by atoms with Crippen LogP contribution >= 0.6 is 0 Å². The summed E-state index contributed by atoms with van der Waals surface area (Å²) in [6, 6.07) is 0. The van der Waals surface area contributed by atoms with Crippen LogP contribution in [0.5, 0.6) is 0 Å². The van der Waals surface area contributed by atoms with E-state index in [2.05, 4.69) is 46.8 Å². The number of aliphatic hydroxyl groups excluding tert-OH is 6. The quantitative estimate of drug-likeness (QED) is 0.193. The van der Waals surface area contributed by atoms with Crippen LogP contribution in [0.25, 0.3) is 0 Å². The maximum atomic E-state index is 10.9. The predicted octanol–water partition coefficient (Wildman–Crippen LogP) is 2.28. The number of allylic oxidation sites excluding steroid dienone is 1. The maximum Gasteiger partial charge on any atom is 0.186 e. The SMILES string of the molecule is C[C@H](C[C@@H](O)[C@H](O)C(C)(C)O)[C@H]1CC[C@@]2(C)C3C=C[C@@]45OC[C@]3(CC[C@]12C)C4CC[C@H](O[C@@H]1O[C@H](CO)[C@@H](O)[C@@H](O)[C@H]1O)C5(C)C. The van der Waals surface area contributed by atoms with Gasteiger partial charge in [-0.15, -0.1) is 0 Å². The molecule has 2 unspecified atom stereocenters. The minimum Gasteiger partial charge on any atom is -0.394 e. The Morgan fingerprint density at radius 2 is 1.63 bits per heavy atom. The largest absolute Gasteiger partial charge is 0.394 e. The van der Waals surface area contributed by atoms with Crippen LogP contribution in [0.4, 0.5) is 0 Å². The number of hydrogen-bond donors (Lipinski definition) is 7. The molecule has 2 aliphatic heterocycles. The van der Waals surface area contributed by atoms with Gasteiger partial charge in [0.05, 0.1) is 36.6 Å². The van der Waals surface area contributed by atoms with E-state index in [4.69, 9.17) is 14.2 Å². The third kappa shape index (κ3) is 4.72. The Bertz CT molecular complexity index is 1170. The van der Waals surface area contributed by atoms with Crippen molar-refractivity contribution in [2.75, 3.05) is 13.2 Å². The van der Waals surface area contributed by atoms with Gasteiger partial charge in [0.1, 0.15) is 30.5 Å². The molecule has 0 amide bonds. The molecule has 4 aliphatic carbocycles. The van der Waals surface area contributed by atoms with E-state index in [1.54, 1.807) is 0 Å². The van der Waals surface area contributed by atoms with Crippen molar-refractivity contribution < 1.29 is 50.0 Å². The van der Waals surface area contributed by atoms with E-state index >= 15 is 0 Å². The van der Waals surface area contributed by atoms with E-state index in [0.717, 1.165) is 38.5 Å². The molecule has 1 spiro atoms. The maximum absolute atomic E-state index is 10.9. The molecule has 0 aromatic heterocycles. The lowest BCUT2D eigenvalue weighted by atomic mass is 9.38. The third-order valence-corrected chi connectivity index (χ3v) is 14.9. The van der Waals surface area contributed by atoms with Crippen LogP contribution in [-0.4, -0.2) is 109 Å².